The van der Waals surface area contributed by atoms with Crippen molar-refractivity contribution in [2.24, 2.45) is 0 Å². The fourth-order valence-corrected chi connectivity index (χ4v) is 1.48. The normalized spacial score (nSPS) is 11.5. The summed E-state index contributed by atoms with van der Waals surface area (Å²) in [5.74, 6) is 0.170. The Labute approximate surface area is 75.2 Å². The standard InChI is InChI=1S/C7H6ClFO2S/c8-5-6-2-1-3-7(4-6)12(9,10)11/h1-4H,5H2. The summed E-state index contributed by atoms with van der Waals surface area (Å²) in [5, 5.41) is 0. The third-order valence-electron chi connectivity index (χ3n) is 1.33. The molecular weight excluding hydrogens is 203 g/mol. The Hall–Kier alpha value is -0.610. The van der Waals surface area contributed by atoms with E-state index in [0.29, 0.717) is 5.56 Å². The van der Waals surface area contributed by atoms with Gasteiger partial charge in [0.05, 0.1) is 4.90 Å². The molecule has 0 spiro atoms. The van der Waals surface area contributed by atoms with Gasteiger partial charge in [-0.3, -0.25) is 0 Å². The lowest BCUT2D eigenvalue weighted by atomic mass is 10.2. The van der Waals surface area contributed by atoms with Gasteiger partial charge in [0.1, 0.15) is 0 Å². The summed E-state index contributed by atoms with van der Waals surface area (Å²) in [4.78, 5) is -0.347. The van der Waals surface area contributed by atoms with Crippen LogP contribution in [-0.4, -0.2) is 8.42 Å². The molecule has 0 heterocycles. The lowest BCUT2D eigenvalue weighted by Crippen LogP contribution is -1.92. The second-order valence-electron chi connectivity index (χ2n) is 2.22. The maximum atomic E-state index is 12.4. The quantitative estimate of drug-likeness (QED) is 0.551. The predicted molar refractivity (Wildman–Crippen MR) is 44.3 cm³/mol. The van der Waals surface area contributed by atoms with Crippen molar-refractivity contribution in [1.29, 1.82) is 0 Å². The average Bonchev–Trinajstić information content (AvgIpc) is 2.03. The van der Waals surface area contributed by atoms with Crippen LogP contribution in [0.3, 0.4) is 0 Å². The van der Waals surface area contributed by atoms with Crippen LogP contribution in [0.2, 0.25) is 0 Å². The van der Waals surface area contributed by atoms with E-state index in [1.807, 2.05) is 0 Å². The molecule has 0 fully saturated rings. The number of alkyl halides is 1. The summed E-state index contributed by atoms with van der Waals surface area (Å²) >= 11 is 5.43. The van der Waals surface area contributed by atoms with Crippen molar-refractivity contribution < 1.29 is 12.3 Å². The van der Waals surface area contributed by atoms with Crippen LogP contribution in [0.1, 0.15) is 5.56 Å². The van der Waals surface area contributed by atoms with Gasteiger partial charge in [-0.25, -0.2) is 0 Å². The van der Waals surface area contributed by atoms with Crippen LogP contribution in [0, 0.1) is 0 Å². The molecule has 0 N–H and O–H groups in total. The fourth-order valence-electron chi connectivity index (χ4n) is 0.780. The largest absolute Gasteiger partial charge is 0.332 e. The van der Waals surface area contributed by atoms with Gasteiger partial charge in [-0.2, -0.15) is 8.42 Å². The van der Waals surface area contributed by atoms with Gasteiger partial charge in [0.2, 0.25) is 0 Å². The SMILES string of the molecule is O=S(=O)(F)c1cccc(CCl)c1. The summed E-state index contributed by atoms with van der Waals surface area (Å²) in [6, 6.07) is 5.47. The van der Waals surface area contributed by atoms with E-state index in [2.05, 4.69) is 0 Å². The molecule has 0 bridgehead atoms. The van der Waals surface area contributed by atoms with Gasteiger partial charge in [0, 0.05) is 5.88 Å². The third-order valence-corrected chi connectivity index (χ3v) is 2.46. The number of hydrogen-bond acceptors (Lipinski definition) is 2. The van der Waals surface area contributed by atoms with Crippen molar-refractivity contribution in [3.05, 3.63) is 29.8 Å². The van der Waals surface area contributed by atoms with Gasteiger partial charge in [0.15, 0.2) is 0 Å². The van der Waals surface area contributed by atoms with Gasteiger partial charge in [-0.05, 0) is 17.7 Å². The Bertz CT molecular complexity index is 375. The van der Waals surface area contributed by atoms with Crippen LogP contribution < -0.4 is 0 Å². The fraction of sp³-hybridized carbons (Fsp3) is 0.143. The van der Waals surface area contributed by atoms with Crippen molar-refractivity contribution in [1.82, 2.24) is 0 Å². The minimum atomic E-state index is -4.59. The second-order valence-corrected chi connectivity index (χ2v) is 3.83. The number of hydrogen-bond donors (Lipinski definition) is 0. The molecule has 0 unspecified atom stereocenters. The first-order chi connectivity index (χ1) is 5.54. The van der Waals surface area contributed by atoms with Crippen LogP contribution in [0.5, 0.6) is 0 Å². The van der Waals surface area contributed by atoms with Crippen molar-refractivity contribution >= 4 is 21.8 Å². The lowest BCUT2D eigenvalue weighted by Gasteiger charge is -1.96. The van der Waals surface area contributed by atoms with Crippen molar-refractivity contribution in [2.45, 2.75) is 10.8 Å². The molecule has 0 aliphatic rings. The Morgan fingerprint density at radius 2 is 2.08 bits per heavy atom. The van der Waals surface area contributed by atoms with Gasteiger partial charge in [0.25, 0.3) is 0 Å². The van der Waals surface area contributed by atoms with Crippen LogP contribution >= 0.6 is 11.6 Å². The first-order valence-electron chi connectivity index (χ1n) is 3.13. The summed E-state index contributed by atoms with van der Waals surface area (Å²) in [6.07, 6.45) is 0. The van der Waals surface area contributed by atoms with E-state index < -0.39 is 10.2 Å². The molecule has 0 saturated heterocycles. The Kier molecular flexibility index (Phi) is 2.69. The molecule has 0 amide bonds. The zero-order chi connectivity index (χ0) is 9.19. The Morgan fingerprint density at radius 1 is 1.42 bits per heavy atom. The average molecular weight is 209 g/mol. The van der Waals surface area contributed by atoms with E-state index in [9.17, 15) is 12.3 Å². The predicted octanol–water partition coefficient (Wildman–Crippen LogP) is 2.08. The molecule has 2 nitrogen and oxygen atoms in total. The minimum absolute atomic E-state index is 0.170. The molecule has 0 aliphatic carbocycles. The van der Waals surface area contributed by atoms with Gasteiger partial charge >= 0.3 is 10.2 Å². The van der Waals surface area contributed by atoms with E-state index in [1.54, 1.807) is 6.07 Å². The molecule has 0 atom stereocenters. The maximum absolute atomic E-state index is 12.4. The van der Waals surface area contributed by atoms with E-state index in [-0.39, 0.29) is 10.8 Å². The highest BCUT2D eigenvalue weighted by Gasteiger charge is 2.10. The smallest absolute Gasteiger partial charge is 0.189 e. The van der Waals surface area contributed by atoms with Gasteiger partial charge < -0.3 is 0 Å². The van der Waals surface area contributed by atoms with E-state index in [1.165, 1.54) is 18.2 Å². The molecule has 12 heavy (non-hydrogen) atoms. The van der Waals surface area contributed by atoms with Gasteiger partial charge in [-0.15, -0.1) is 15.5 Å². The highest BCUT2D eigenvalue weighted by atomic mass is 35.5. The van der Waals surface area contributed by atoms with E-state index in [0.717, 1.165) is 0 Å². The van der Waals surface area contributed by atoms with Crippen LogP contribution in [-0.2, 0) is 16.1 Å². The topological polar surface area (TPSA) is 34.1 Å². The Balaban J connectivity index is 3.20. The number of benzene rings is 1. The van der Waals surface area contributed by atoms with Crippen LogP contribution in [0.4, 0.5) is 3.89 Å². The van der Waals surface area contributed by atoms with Crippen LogP contribution in [0.15, 0.2) is 29.2 Å². The summed E-state index contributed by atoms with van der Waals surface area (Å²) in [7, 11) is -4.59. The highest BCUT2D eigenvalue weighted by molar-refractivity contribution is 7.86. The van der Waals surface area contributed by atoms with E-state index in [4.69, 9.17) is 11.6 Å². The molecule has 66 valence electrons. The molecule has 0 radical (unpaired) electrons. The molecule has 1 rings (SSSR count). The van der Waals surface area contributed by atoms with Gasteiger partial charge in [-0.1, -0.05) is 12.1 Å². The summed E-state index contributed by atoms with van der Waals surface area (Å²) in [5.41, 5.74) is 0.579. The summed E-state index contributed by atoms with van der Waals surface area (Å²) < 4.78 is 33.1. The molecule has 0 saturated carbocycles. The van der Waals surface area contributed by atoms with Crippen molar-refractivity contribution in [3.8, 4) is 0 Å². The minimum Gasteiger partial charge on any atom is -0.189 e. The zero-order valence-corrected chi connectivity index (χ0v) is 7.57. The first-order valence-corrected chi connectivity index (χ1v) is 5.05. The monoisotopic (exact) mass is 208 g/mol. The van der Waals surface area contributed by atoms with Crippen LogP contribution in [0.25, 0.3) is 0 Å². The first kappa shape index (κ1) is 9.48. The molecule has 0 aliphatic heterocycles. The molecule has 5 heteroatoms. The lowest BCUT2D eigenvalue weighted by molar-refractivity contribution is 0.552. The highest BCUT2D eigenvalue weighted by Crippen LogP contribution is 2.14. The summed E-state index contributed by atoms with van der Waals surface area (Å²) in [6.45, 7) is 0. The van der Waals surface area contributed by atoms with Crippen molar-refractivity contribution in [3.63, 3.8) is 0 Å². The third kappa shape index (κ3) is 2.19. The molecular formula is C7H6ClFO2S. The van der Waals surface area contributed by atoms with Crippen molar-refractivity contribution in [2.75, 3.05) is 0 Å². The zero-order valence-electron chi connectivity index (χ0n) is 6.00. The van der Waals surface area contributed by atoms with E-state index >= 15 is 0 Å². The molecule has 1 aromatic carbocycles. The molecule has 0 aromatic heterocycles. The Morgan fingerprint density at radius 3 is 2.58 bits per heavy atom. The number of rotatable bonds is 2. The second kappa shape index (κ2) is 3.41. The molecule has 1 aromatic rings. The number of halogens is 2. The maximum Gasteiger partial charge on any atom is 0.332 e.